The molecule has 37 heavy (non-hydrogen) atoms. The minimum Gasteiger partial charge on any atom is -0.395 e. The summed E-state index contributed by atoms with van der Waals surface area (Å²) in [4.78, 5) is 34.2. The first-order valence-corrected chi connectivity index (χ1v) is 14.0. The van der Waals surface area contributed by atoms with E-state index in [1.807, 2.05) is 12.1 Å². The third kappa shape index (κ3) is 7.80. The Bertz CT molecular complexity index is 1060. The van der Waals surface area contributed by atoms with Crippen LogP contribution in [0.4, 0.5) is 14.3 Å². The highest BCUT2D eigenvalue weighted by Crippen LogP contribution is 2.26. The van der Waals surface area contributed by atoms with Crippen molar-refractivity contribution in [3.63, 3.8) is 0 Å². The lowest BCUT2D eigenvalue weighted by atomic mass is 9.88. The molecule has 0 bridgehead atoms. The number of aromatic nitrogens is 1. The standard InChI is InChI=1S/C27H38FN5O3S/c1-18-25(19(2)35)37-27(29-18)31-26(36)30-24-9-11-32(12-13-34)16-22(24)17-33-10-3-4-21(15-33)14-20-5-7-23(28)8-6-20/h5-8,21-22,24,34H,3-4,9-17H2,1-2H3,(H2,29,30,31,36)/t21?,22-,24+/m0/s1. The van der Waals surface area contributed by atoms with Crippen LogP contribution in [0, 0.1) is 24.6 Å². The molecule has 2 aliphatic heterocycles. The van der Waals surface area contributed by atoms with Gasteiger partial charge in [-0.05, 0) is 62.8 Å². The first kappa shape index (κ1) is 27.6. The fourth-order valence-electron chi connectivity index (χ4n) is 5.67. The largest absolute Gasteiger partial charge is 0.395 e. The van der Waals surface area contributed by atoms with Gasteiger partial charge in [-0.1, -0.05) is 23.5 Å². The molecule has 8 nitrogen and oxygen atoms in total. The molecule has 1 aromatic carbocycles. The molecule has 3 N–H and O–H groups in total. The Morgan fingerprint density at radius 3 is 2.65 bits per heavy atom. The molecule has 0 aliphatic carbocycles. The number of anilines is 1. The van der Waals surface area contributed by atoms with Crippen molar-refractivity contribution in [2.24, 2.45) is 11.8 Å². The molecule has 0 radical (unpaired) electrons. The zero-order chi connectivity index (χ0) is 26.4. The second-order valence-corrected chi connectivity index (χ2v) is 11.4. The fourth-order valence-corrected chi connectivity index (χ4v) is 6.53. The van der Waals surface area contributed by atoms with Crippen molar-refractivity contribution in [2.75, 3.05) is 51.2 Å². The Hall–Kier alpha value is -2.40. The van der Waals surface area contributed by atoms with Crippen LogP contribution in [0.5, 0.6) is 0 Å². The number of β-amino-alcohol motifs (C(OH)–C–C–N with tert-alkyl or cyclic N) is 1. The monoisotopic (exact) mass is 531 g/mol. The molecule has 2 saturated heterocycles. The number of piperidine rings is 2. The number of thiazole rings is 1. The van der Waals surface area contributed by atoms with Crippen molar-refractivity contribution >= 4 is 28.3 Å². The highest BCUT2D eigenvalue weighted by molar-refractivity contribution is 7.17. The van der Waals surface area contributed by atoms with Crippen LogP contribution in [0.2, 0.25) is 0 Å². The molecule has 2 aromatic rings. The summed E-state index contributed by atoms with van der Waals surface area (Å²) in [5.41, 5.74) is 1.80. The third-order valence-electron chi connectivity index (χ3n) is 7.42. The number of aliphatic hydroxyl groups excluding tert-OH is 1. The summed E-state index contributed by atoms with van der Waals surface area (Å²) in [6.07, 6.45) is 4.03. The molecular formula is C27H38FN5O3S. The quantitative estimate of drug-likeness (QED) is 0.428. The molecular weight excluding hydrogens is 493 g/mol. The summed E-state index contributed by atoms with van der Waals surface area (Å²) in [7, 11) is 0. The van der Waals surface area contributed by atoms with Gasteiger partial charge in [0.1, 0.15) is 5.82 Å². The fraction of sp³-hybridized carbons (Fsp3) is 0.593. The molecule has 2 amide bonds. The highest BCUT2D eigenvalue weighted by Gasteiger charge is 2.33. The molecule has 0 spiro atoms. The average Bonchev–Trinajstić information content (AvgIpc) is 3.22. The predicted octanol–water partition coefficient (Wildman–Crippen LogP) is 3.55. The second kappa shape index (κ2) is 12.9. The van der Waals surface area contributed by atoms with E-state index in [-0.39, 0.29) is 36.2 Å². The lowest BCUT2D eigenvalue weighted by Gasteiger charge is -2.42. The number of aryl methyl sites for hydroxylation is 1. The predicted molar refractivity (Wildman–Crippen MR) is 144 cm³/mol. The number of hydrogen-bond donors (Lipinski definition) is 3. The van der Waals surface area contributed by atoms with Crippen molar-refractivity contribution in [3.05, 3.63) is 46.2 Å². The maximum atomic E-state index is 13.3. The minimum absolute atomic E-state index is 0.000699. The molecule has 4 rings (SSSR count). The van der Waals surface area contributed by atoms with Crippen LogP contribution < -0.4 is 10.6 Å². The van der Waals surface area contributed by atoms with E-state index < -0.39 is 0 Å². The number of nitrogens with zero attached hydrogens (tertiary/aromatic N) is 3. The van der Waals surface area contributed by atoms with Crippen molar-refractivity contribution in [1.29, 1.82) is 0 Å². The van der Waals surface area contributed by atoms with Crippen LogP contribution in [-0.2, 0) is 6.42 Å². The summed E-state index contributed by atoms with van der Waals surface area (Å²) in [5.74, 6) is 0.487. The van der Waals surface area contributed by atoms with E-state index in [2.05, 4.69) is 25.4 Å². The number of halogens is 1. The van der Waals surface area contributed by atoms with Crippen molar-refractivity contribution in [2.45, 2.75) is 45.6 Å². The van der Waals surface area contributed by atoms with Crippen LogP contribution in [0.1, 0.15) is 47.1 Å². The number of nitrogens with one attached hydrogen (secondary N) is 2. The Balaban J connectivity index is 1.36. The number of aliphatic hydroxyl groups is 1. The lowest BCUT2D eigenvalue weighted by molar-refractivity contribution is 0.0760. The van der Waals surface area contributed by atoms with Crippen LogP contribution in [0.3, 0.4) is 0 Å². The Labute approximate surface area is 222 Å². The number of carbonyl (C=O) groups excluding carboxylic acids is 2. The van der Waals surface area contributed by atoms with Gasteiger partial charge in [0.15, 0.2) is 10.9 Å². The third-order valence-corrected chi connectivity index (χ3v) is 8.59. The minimum atomic E-state index is -0.303. The molecule has 3 heterocycles. The van der Waals surface area contributed by atoms with E-state index in [9.17, 15) is 19.1 Å². The smallest absolute Gasteiger partial charge is 0.321 e. The van der Waals surface area contributed by atoms with Gasteiger partial charge >= 0.3 is 6.03 Å². The average molecular weight is 532 g/mol. The van der Waals surface area contributed by atoms with Gasteiger partial charge in [0.25, 0.3) is 0 Å². The number of amides is 2. The topological polar surface area (TPSA) is 97.8 Å². The highest BCUT2D eigenvalue weighted by atomic mass is 32.1. The maximum Gasteiger partial charge on any atom is 0.321 e. The number of ketones is 1. The zero-order valence-electron chi connectivity index (χ0n) is 21.7. The molecule has 2 aliphatic rings. The Kier molecular flexibility index (Phi) is 9.64. The van der Waals surface area contributed by atoms with Gasteiger partial charge in [0.2, 0.25) is 0 Å². The van der Waals surface area contributed by atoms with Crippen LogP contribution >= 0.6 is 11.3 Å². The molecule has 1 aromatic heterocycles. The van der Waals surface area contributed by atoms with Crippen molar-refractivity contribution < 1.29 is 19.1 Å². The molecule has 2 fully saturated rings. The van der Waals surface area contributed by atoms with Crippen LogP contribution in [0.25, 0.3) is 0 Å². The first-order chi connectivity index (χ1) is 17.8. The molecule has 10 heteroatoms. The van der Waals surface area contributed by atoms with Crippen molar-refractivity contribution in [3.8, 4) is 0 Å². The number of likely N-dealkylation sites (tertiary alicyclic amines) is 2. The van der Waals surface area contributed by atoms with E-state index in [1.54, 1.807) is 6.92 Å². The summed E-state index contributed by atoms with van der Waals surface area (Å²) < 4.78 is 13.3. The van der Waals surface area contributed by atoms with Gasteiger partial charge in [-0.3, -0.25) is 10.1 Å². The first-order valence-electron chi connectivity index (χ1n) is 13.2. The lowest BCUT2D eigenvalue weighted by Crippen LogP contribution is -2.56. The van der Waals surface area contributed by atoms with E-state index in [1.165, 1.54) is 36.0 Å². The number of Topliss-reactive ketones (excluding diaryl/α,β-unsaturated/α-hetero) is 1. The normalized spacial score (nSPS) is 23.1. The van der Waals surface area contributed by atoms with Gasteiger partial charge in [0.05, 0.1) is 17.2 Å². The second-order valence-electron chi connectivity index (χ2n) is 10.4. The number of carbonyl (C=O) groups is 2. The molecule has 0 saturated carbocycles. The van der Waals surface area contributed by atoms with E-state index in [0.29, 0.717) is 28.2 Å². The van der Waals surface area contributed by atoms with E-state index in [4.69, 9.17) is 0 Å². The Morgan fingerprint density at radius 2 is 1.95 bits per heavy atom. The summed E-state index contributed by atoms with van der Waals surface area (Å²) in [6.45, 7) is 8.55. The summed E-state index contributed by atoms with van der Waals surface area (Å²) >= 11 is 1.20. The number of urea groups is 1. The number of rotatable bonds is 9. The number of benzene rings is 1. The van der Waals surface area contributed by atoms with Gasteiger partial charge in [-0.15, -0.1) is 0 Å². The van der Waals surface area contributed by atoms with Crippen molar-refractivity contribution in [1.82, 2.24) is 20.1 Å². The molecule has 1 unspecified atom stereocenters. The van der Waals surface area contributed by atoms with Crippen LogP contribution in [0.15, 0.2) is 24.3 Å². The maximum absolute atomic E-state index is 13.3. The van der Waals surface area contributed by atoms with E-state index >= 15 is 0 Å². The van der Waals surface area contributed by atoms with E-state index in [0.717, 1.165) is 58.4 Å². The van der Waals surface area contributed by atoms with Gasteiger partial charge in [-0.2, -0.15) is 0 Å². The van der Waals surface area contributed by atoms with Gasteiger partial charge in [0, 0.05) is 51.6 Å². The number of hydrogen-bond acceptors (Lipinski definition) is 7. The molecule has 202 valence electrons. The zero-order valence-corrected chi connectivity index (χ0v) is 22.5. The summed E-state index contributed by atoms with van der Waals surface area (Å²) in [6, 6.07) is 6.52. The van der Waals surface area contributed by atoms with Gasteiger partial charge in [-0.25, -0.2) is 14.2 Å². The van der Waals surface area contributed by atoms with Crippen LogP contribution in [-0.4, -0.2) is 83.6 Å². The Morgan fingerprint density at radius 1 is 1.16 bits per heavy atom. The molecule has 3 atom stereocenters. The summed E-state index contributed by atoms with van der Waals surface area (Å²) in [5, 5.41) is 15.9. The SMILES string of the molecule is CC(=O)c1sc(NC(=O)N[C@@H]2CCN(CCO)C[C@H]2CN2CCCC(Cc3ccc(F)cc3)C2)nc1C. The van der Waals surface area contributed by atoms with Gasteiger partial charge < -0.3 is 20.2 Å².